The molecule has 0 bridgehead atoms. The maximum atomic E-state index is 11.0. The summed E-state index contributed by atoms with van der Waals surface area (Å²) in [6.45, 7) is 3.82. The summed E-state index contributed by atoms with van der Waals surface area (Å²) in [7, 11) is -3.48. The zero-order valence-electron chi connectivity index (χ0n) is 7.41. The van der Waals surface area contributed by atoms with Crippen LogP contribution in [0.25, 0.3) is 0 Å². The molecule has 0 aliphatic rings. The van der Waals surface area contributed by atoms with Crippen molar-refractivity contribution in [2.24, 2.45) is 11.1 Å². The Kier molecular flexibility index (Phi) is 4.41. The standard InChI is InChI=1S/C7H15NO3S/c1-6(2)5-7(9)3-4-12(8,10)11/h6H,3-5H2,1-2H3,(H2,8,10,11). The minimum Gasteiger partial charge on any atom is -0.300 e. The third kappa shape index (κ3) is 7.68. The molecule has 72 valence electrons. The van der Waals surface area contributed by atoms with Gasteiger partial charge in [0.25, 0.3) is 0 Å². The Bertz CT molecular complexity index is 243. The number of nitrogens with two attached hydrogens (primary N) is 1. The largest absolute Gasteiger partial charge is 0.300 e. The quantitative estimate of drug-likeness (QED) is 0.681. The first-order valence-electron chi connectivity index (χ1n) is 3.83. The van der Waals surface area contributed by atoms with Crippen LogP contribution >= 0.6 is 0 Å². The molecule has 5 heteroatoms. The van der Waals surface area contributed by atoms with Crippen LogP contribution in [0.5, 0.6) is 0 Å². The average molecular weight is 193 g/mol. The molecule has 0 unspecified atom stereocenters. The third-order valence-corrected chi connectivity index (χ3v) is 2.07. The minimum atomic E-state index is -3.48. The van der Waals surface area contributed by atoms with E-state index in [4.69, 9.17) is 5.14 Å². The fourth-order valence-corrected chi connectivity index (χ4v) is 1.33. The van der Waals surface area contributed by atoms with Crippen molar-refractivity contribution >= 4 is 15.8 Å². The number of carbonyl (C=O) groups is 1. The van der Waals surface area contributed by atoms with Crippen LogP contribution in [0.2, 0.25) is 0 Å². The van der Waals surface area contributed by atoms with Crippen molar-refractivity contribution < 1.29 is 13.2 Å². The van der Waals surface area contributed by atoms with Gasteiger partial charge < -0.3 is 0 Å². The van der Waals surface area contributed by atoms with E-state index >= 15 is 0 Å². The van der Waals surface area contributed by atoms with Gasteiger partial charge in [0.05, 0.1) is 5.75 Å². The average Bonchev–Trinajstić information content (AvgIpc) is 1.80. The van der Waals surface area contributed by atoms with Crippen LogP contribution in [0.1, 0.15) is 26.7 Å². The summed E-state index contributed by atoms with van der Waals surface area (Å²) in [5, 5.41) is 4.73. The van der Waals surface area contributed by atoms with Gasteiger partial charge in [-0.15, -0.1) is 0 Å². The summed E-state index contributed by atoms with van der Waals surface area (Å²) in [5.41, 5.74) is 0. The highest BCUT2D eigenvalue weighted by molar-refractivity contribution is 7.89. The number of hydrogen-bond acceptors (Lipinski definition) is 3. The van der Waals surface area contributed by atoms with Crippen molar-refractivity contribution in [1.82, 2.24) is 0 Å². The Morgan fingerprint density at radius 1 is 1.42 bits per heavy atom. The van der Waals surface area contributed by atoms with Crippen molar-refractivity contribution in [2.45, 2.75) is 26.7 Å². The Morgan fingerprint density at radius 2 is 1.92 bits per heavy atom. The van der Waals surface area contributed by atoms with E-state index in [-0.39, 0.29) is 23.9 Å². The molecular formula is C7H15NO3S. The van der Waals surface area contributed by atoms with Crippen LogP contribution in [0, 0.1) is 5.92 Å². The van der Waals surface area contributed by atoms with Crippen LogP contribution in [0.15, 0.2) is 0 Å². The topological polar surface area (TPSA) is 77.2 Å². The molecular weight excluding hydrogens is 178 g/mol. The number of primary sulfonamides is 1. The number of sulfonamides is 1. The highest BCUT2D eigenvalue weighted by Crippen LogP contribution is 2.02. The normalized spacial score (nSPS) is 12.0. The summed E-state index contributed by atoms with van der Waals surface area (Å²) >= 11 is 0. The summed E-state index contributed by atoms with van der Waals surface area (Å²) < 4.78 is 20.9. The molecule has 0 fully saturated rings. The molecule has 0 rings (SSSR count). The second kappa shape index (κ2) is 4.57. The maximum Gasteiger partial charge on any atom is 0.209 e. The smallest absolute Gasteiger partial charge is 0.209 e. The van der Waals surface area contributed by atoms with Gasteiger partial charge in [0, 0.05) is 12.8 Å². The van der Waals surface area contributed by atoms with Gasteiger partial charge in [-0.25, -0.2) is 13.6 Å². The SMILES string of the molecule is CC(C)CC(=O)CCS(N)(=O)=O. The van der Waals surface area contributed by atoms with E-state index in [1.807, 2.05) is 13.8 Å². The van der Waals surface area contributed by atoms with Gasteiger partial charge in [-0.1, -0.05) is 13.8 Å². The fraction of sp³-hybridized carbons (Fsp3) is 0.857. The summed E-state index contributed by atoms with van der Waals surface area (Å²) in [6, 6.07) is 0. The molecule has 0 aliphatic heterocycles. The third-order valence-electron chi connectivity index (χ3n) is 1.30. The fourth-order valence-electron chi connectivity index (χ4n) is 0.813. The van der Waals surface area contributed by atoms with Crippen molar-refractivity contribution in [3.63, 3.8) is 0 Å². The predicted octanol–water partition coefficient (Wildman–Crippen LogP) is 0.280. The molecule has 0 radical (unpaired) electrons. The first-order valence-corrected chi connectivity index (χ1v) is 5.55. The first-order chi connectivity index (χ1) is 5.31. The Morgan fingerprint density at radius 3 is 2.25 bits per heavy atom. The van der Waals surface area contributed by atoms with Crippen LogP contribution in [-0.4, -0.2) is 20.0 Å². The minimum absolute atomic E-state index is 0.0387. The zero-order chi connectivity index (χ0) is 9.78. The van der Waals surface area contributed by atoms with Gasteiger partial charge in [0.15, 0.2) is 0 Å². The van der Waals surface area contributed by atoms with Crippen LogP contribution in [0.3, 0.4) is 0 Å². The number of ketones is 1. The van der Waals surface area contributed by atoms with Gasteiger partial charge >= 0.3 is 0 Å². The number of carbonyl (C=O) groups excluding carboxylic acids is 1. The number of rotatable bonds is 5. The molecule has 4 nitrogen and oxygen atoms in total. The molecule has 0 aromatic heterocycles. The highest BCUT2D eigenvalue weighted by Gasteiger charge is 2.09. The van der Waals surface area contributed by atoms with E-state index in [9.17, 15) is 13.2 Å². The van der Waals surface area contributed by atoms with Crippen molar-refractivity contribution in [3.8, 4) is 0 Å². The van der Waals surface area contributed by atoms with Gasteiger partial charge in [-0.05, 0) is 5.92 Å². The van der Waals surface area contributed by atoms with Crippen LogP contribution in [0.4, 0.5) is 0 Å². The zero-order valence-corrected chi connectivity index (χ0v) is 8.23. The lowest BCUT2D eigenvalue weighted by atomic mass is 10.1. The predicted molar refractivity (Wildman–Crippen MR) is 47.1 cm³/mol. The van der Waals surface area contributed by atoms with Gasteiger partial charge in [0.2, 0.25) is 10.0 Å². The lowest BCUT2D eigenvalue weighted by Gasteiger charge is -2.02. The van der Waals surface area contributed by atoms with Gasteiger partial charge in [-0.3, -0.25) is 4.79 Å². The van der Waals surface area contributed by atoms with Crippen LogP contribution < -0.4 is 5.14 Å². The van der Waals surface area contributed by atoms with Crippen molar-refractivity contribution in [2.75, 3.05) is 5.75 Å². The van der Waals surface area contributed by atoms with E-state index in [0.717, 1.165) is 0 Å². The summed E-state index contributed by atoms with van der Waals surface area (Å²) in [6.07, 6.45) is 0.465. The highest BCUT2D eigenvalue weighted by atomic mass is 32.2. The molecule has 0 saturated heterocycles. The van der Waals surface area contributed by atoms with E-state index in [0.29, 0.717) is 6.42 Å². The summed E-state index contributed by atoms with van der Waals surface area (Å²) in [5.74, 6) is -0.00421. The molecule has 0 spiro atoms. The molecule has 0 atom stereocenters. The van der Waals surface area contributed by atoms with E-state index in [1.165, 1.54) is 0 Å². The Labute approximate surface area is 73.2 Å². The molecule has 0 amide bonds. The molecule has 0 aromatic carbocycles. The Hall–Kier alpha value is -0.420. The molecule has 0 aromatic rings. The molecule has 0 saturated carbocycles. The molecule has 0 aliphatic carbocycles. The summed E-state index contributed by atoms with van der Waals surface area (Å²) in [4.78, 5) is 11.0. The molecule has 2 N–H and O–H groups in total. The lowest BCUT2D eigenvalue weighted by molar-refractivity contribution is -0.119. The van der Waals surface area contributed by atoms with Crippen LogP contribution in [-0.2, 0) is 14.8 Å². The van der Waals surface area contributed by atoms with Gasteiger partial charge in [0.1, 0.15) is 5.78 Å². The number of Topliss-reactive ketones (excluding diaryl/α,β-unsaturated/α-hetero) is 1. The second-order valence-corrected chi connectivity index (χ2v) is 4.99. The van der Waals surface area contributed by atoms with E-state index in [2.05, 4.69) is 0 Å². The van der Waals surface area contributed by atoms with Crippen molar-refractivity contribution in [3.05, 3.63) is 0 Å². The molecule has 12 heavy (non-hydrogen) atoms. The first kappa shape index (κ1) is 11.6. The number of hydrogen-bond donors (Lipinski definition) is 1. The molecule has 0 heterocycles. The van der Waals surface area contributed by atoms with Crippen molar-refractivity contribution in [1.29, 1.82) is 0 Å². The van der Waals surface area contributed by atoms with E-state index in [1.54, 1.807) is 0 Å². The van der Waals surface area contributed by atoms with Gasteiger partial charge in [-0.2, -0.15) is 0 Å². The van der Waals surface area contributed by atoms with E-state index < -0.39 is 10.0 Å². The Balaban J connectivity index is 3.73. The monoisotopic (exact) mass is 193 g/mol. The maximum absolute atomic E-state index is 11.0. The lowest BCUT2D eigenvalue weighted by Crippen LogP contribution is -2.19. The second-order valence-electron chi connectivity index (χ2n) is 3.25.